The van der Waals surface area contributed by atoms with Crippen LogP contribution in [0.25, 0.3) is 10.4 Å². The van der Waals surface area contributed by atoms with Crippen molar-refractivity contribution in [3.63, 3.8) is 0 Å². The second kappa shape index (κ2) is 17.1. The molecule has 0 amide bonds. The maximum atomic E-state index is 10.3. The summed E-state index contributed by atoms with van der Waals surface area (Å²) in [4.78, 5) is 5.20. The van der Waals surface area contributed by atoms with Crippen molar-refractivity contribution >= 4 is 0 Å². The molecule has 5 heteroatoms. The summed E-state index contributed by atoms with van der Waals surface area (Å²) in [5.41, 5.74) is 8.75. The number of hydrogen-bond donors (Lipinski definition) is 1. The highest BCUT2D eigenvalue weighted by atomic mass is 16.3. The average molecular weight is 379 g/mol. The van der Waals surface area contributed by atoms with E-state index in [4.69, 9.17) is 5.53 Å². The van der Waals surface area contributed by atoms with Gasteiger partial charge < -0.3 is 10.0 Å². The lowest BCUT2D eigenvalue weighted by Gasteiger charge is -2.22. The molecule has 1 saturated heterocycles. The highest BCUT2D eigenvalue weighted by Gasteiger charge is 2.21. The Kier molecular flexibility index (Phi) is 15.2. The molecule has 27 heavy (non-hydrogen) atoms. The van der Waals surface area contributed by atoms with Gasteiger partial charge in [0.05, 0.1) is 12.1 Å². The third-order valence-electron chi connectivity index (χ3n) is 5.55. The quantitative estimate of drug-likeness (QED) is 0.105. The van der Waals surface area contributed by atoms with Gasteiger partial charge in [-0.25, -0.2) is 0 Å². The van der Waals surface area contributed by atoms with E-state index in [0.717, 1.165) is 19.5 Å². The maximum absolute atomic E-state index is 10.3. The Bertz CT molecular complexity index is 415. The molecule has 0 aromatic carbocycles. The van der Waals surface area contributed by atoms with Gasteiger partial charge in [0, 0.05) is 11.5 Å². The summed E-state index contributed by atoms with van der Waals surface area (Å²) in [5.74, 6) is 0. The first-order valence-electron chi connectivity index (χ1n) is 11.4. The SMILES string of the molecule is CCCCCCCCCCCCC/C=C/[C@@H](O)[C@H](CN1CCCC1)N=[N+]=[N-]. The van der Waals surface area contributed by atoms with Gasteiger partial charge in [-0.05, 0) is 44.3 Å². The number of nitrogens with zero attached hydrogens (tertiary/aromatic N) is 4. The second-order valence-electron chi connectivity index (χ2n) is 8.02. The zero-order valence-electron chi connectivity index (χ0n) is 17.6. The normalized spacial score (nSPS) is 17.3. The van der Waals surface area contributed by atoms with Crippen molar-refractivity contribution < 1.29 is 5.11 Å². The van der Waals surface area contributed by atoms with Crippen molar-refractivity contribution in [1.82, 2.24) is 4.90 Å². The van der Waals surface area contributed by atoms with Crippen molar-refractivity contribution in [3.05, 3.63) is 22.6 Å². The maximum Gasteiger partial charge on any atom is 0.0818 e. The number of azide groups is 1. The average Bonchev–Trinajstić information content (AvgIpc) is 3.18. The molecule has 0 aliphatic carbocycles. The van der Waals surface area contributed by atoms with Crippen molar-refractivity contribution in [2.45, 2.75) is 109 Å². The summed E-state index contributed by atoms with van der Waals surface area (Å²) in [6.07, 6.45) is 21.5. The van der Waals surface area contributed by atoms with Gasteiger partial charge in [0.2, 0.25) is 0 Å². The molecule has 1 fully saturated rings. The number of rotatable bonds is 17. The zero-order chi connectivity index (χ0) is 19.6. The topological polar surface area (TPSA) is 72.2 Å². The Morgan fingerprint density at radius 1 is 0.963 bits per heavy atom. The van der Waals surface area contributed by atoms with Gasteiger partial charge in [-0.1, -0.05) is 88.4 Å². The van der Waals surface area contributed by atoms with Gasteiger partial charge in [0.25, 0.3) is 0 Å². The fraction of sp³-hybridized carbons (Fsp3) is 0.909. The van der Waals surface area contributed by atoms with Crippen LogP contribution in [0.4, 0.5) is 0 Å². The number of aliphatic hydroxyl groups is 1. The molecular weight excluding hydrogens is 336 g/mol. The molecule has 0 bridgehead atoms. The molecule has 0 saturated carbocycles. The molecule has 1 aliphatic rings. The Morgan fingerprint density at radius 3 is 2.07 bits per heavy atom. The predicted molar refractivity (Wildman–Crippen MR) is 115 cm³/mol. The number of allylic oxidation sites excluding steroid dienone is 1. The van der Waals surface area contributed by atoms with Gasteiger partial charge in [-0.2, -0.15) is 0 Å². The lowest BCUT2D eigenvalue weighted by Crippen LogP contribution is -2.35. The molecule has 1 rings (SSSR count). The van der Waals surface area contributed by atoms with Gasteiger partial charge >= 0.3 is 0 Å². The Labute approximate surface area is 166 Å². The van der Waals surface area contributed by atoms with Crippen LogP contribution in [0.2, 0.25) is 0 Å². The minimum Gasteiger partial charge on any atom is -0.389 e. The van der Waals surface area contributed by atoms with Crippen LogP contribution in [-0.4, -0.2) is 41.8 Å². The van der Waals surface area contributed by atoms with Crippen LogP contribution in [0.1, 0.15) is 96.8 Å². The van der Waals surface area contributed by atoms with E-state index in [9.17, 15) is 5.11 Å². The van der Waals surface area contributed by atoms with E-state index in [0.29, 0.717) is 6.54 Å². The van der Waals surface area contributed by atoms with Crippen LogP contribution < -0.4 is 0 Å². The third kappa shape index (κ3) is 12.9. The molecule has 156 valence electrons. The van der Waals surface area contributed by atoms with Gasteiger partial charge in [0.15, 0.2) is 0 Å². The molecule has 0 unspecified atom stereocenters. The number of unbranched alkanes of at least 4 members (excludes halogenated alkanes) is 11. The first-order valence-corrected chi connectivity index (χ1v) is 11.4. The molecule has 0 spiro atoms. The smallest absolute Gasteiger partial charge is 0.0818 e. The van der Waals surface area contributed by atoms with E-state index in [2.05, 4.69) is 27.9 Å². The number of hydrogen-bond acceptors (Lipinski definition) is 3. The molecule has 0 aromatic heterocycles. The van der Waals surface area contributed by atoms with Crippen LogP contribution in [0.15, 0.2) is 17.3 Å². The summed E-state index contributed by atoms with van der Waals surface area (Å²) in [6, 6.07) is -0.373. The minimum atomic E-state index is -0.672. The lowest BCUT2D eigenvalue weighted by molar-refractivity contribution is 0.163. The van der Waals surface area contributed by atoms with Crippen molar-refractivity contribution in [2.24, 2.45) is 5.11 Å². The fourth-order valence-corrected chi connectivity index (χ4v) is 3.80. The summed E-state index contributed by atoms with van der Waals surface area (Å²) in [6.45, 7) is 5.02. The van der Waals surface area contributed by atoms with Crippen LogP contribution in [0.5, 0.6) is 0 Å². The van der Waals surface area contributed by atoms with Crippen molar-refractivity contribution in [2.75, 3.05) is 19.6 Å². The van der Waals surface area contributed by atoms with Crippen molar-refractivity contribution in [3.8, 4) is 0 Å². The first-order chi connectivity index (χ1) is 13.3. The number of likely N-dealkylation sites (tertiary alicyclic amines) is 1. The summed E-state index contributed by atoms with van der Waals surface area (Å²) in [7, 11) is 0. The van der Waals surface area contributed by atoms with E-state index in [1.54, 1.807) is 0 Å². The van der Waals surface area contributed by atoms with Crippen LogP contribution in [-0.2, 0) is 0 Å². The van der Waals surface area contributed by atoms with Crippen molar-refractivity contribution in [1.29, 1.82) is 0 Å². The highest BCUT2D eigenvalue weighted by molar-refractivity contribution is 4.96. The minimum absolute atomic E-state index is 0.373. The molecule has 5 nitrogen and oxygen atoms in total. The van der Waals surface area contributed by atoms with Crippen LogP contribution in [0, 0.1) is 0 Å². The molecule has 0 radical (unpaired) electrons. The van der Waals surface area contributed by atoms with E-state index < -0.39 is 6.10 Å². The van der Waals surface area contributed by atoms with E-state index >= 15 is 0 Å². The molecule has 2 atom stereocenters. The molecule has 1 aliphatic heterocycles. The van der Waals surface area contributed by atoms with E-state index in [1.807, 2.05) is 6.08 Å². The molecular formula is C22H42N4O. The summed E-state index contributed by atoms with van der Waals surface area (Å²) in [5, 5.41) is 14.1. The fourth-order valence-electron chi connectivity index (χ4n) is 3.80. The Hall–Kier alpha value is -1.03. The Balaban J connectivity index is 2.02. The monoisotopic (exact) mass is 378 g/mol. The Morgan fingerprint density at radius 2 is 1.52 bits per heavy atom. The zero-order valence-corrected chi connectivity index (χ0v) is 17.6. The van der Waals surface area contributed by atoms with Crippen LogP contribution in [0.3, 0.4) is 0 Å². The van der Waals surface area contributed by atoms with Crippen LogP contribution >= 0.6 is 0 Å². The molecule has 0 aromatic rings. The third-order valence-corrected chi connectivity index (χ3v) is 5.55. The van der Waals surface area contributed by atoms with Gasteiger partial charge in [-0.15, -0.1) is 0 Å². The molecule has 1 heterocycles. The number of aliphatic hydroxyl groups excluding tert-OH is 1. The summed E-state index contributed by atoms with van der Waals surface area (Å²) < 4.78 is 0. The first kappa shape index (κ1) is 24.0. The predicted octanol–water partition coefficient (Wildman–Crippen LogP) is 6.38. The molecule has 1 N–H and O–H groups in total. The van der Waals surface area contributed by atoms with E-state index in [1.165, 1.54) is 83.5 Å². The standard InChI is InChI=1S/C22H42N4O/c1-2-3-4-5-6-7-8-9-10-11-12-13-14-17-22(27)21(24-25-23)20-26-18-15-16-19-26/h14,17,21-22,27H,2-13,15-16,18-20H2,1H3/b17-14+/t21-,22+/m0/s1. The van der Waals surface area contributed by atoms with E-state index in [-0.39, 0.29) is 6.04 Å². The summed E-state index contributed by atoms with van der Waals surface area (Å²) >= 11 is 0. The van der Waals surface area contributed by atoms with Gasteiger partial charge in [-0.3, -0.25) is 0 Å². The largest absolute Gasteiger partial charge is 0.389 e. The lowest BCUT2D eigenvalue weighted by atomic mass is 10.0. The highest BCUT2D eigenvalue weighted by Crippen LogP contribution is 2.14. The second-order valence-corrected chi connectivity index (χ2v) is 8.02. The van der Waals surface area contributed by atoms with Gasteiger partial charge in [0.1, 0.15) is 0 Å².